The number of hydrogen-bond donors (Lipinski definition) is 2. The molecule has 0 radical (unpaired) electrons. The number of ether oxygens (including phenoxy) is 1. The minimum absolute atomic E-state index is 0. The minimum Gasteiger partial charge on any atom is -0.469 e. The lowest BCUT2D eigenvalue weighted by molar-refractivity contribution is 0.117. The van der Waals surface area contributed by atoms with Crippen LogP contribution in [-0.4, -0.2) is 43.3 Å². The number of guanidine groups is 1. The fourth-order valence-corrected chi connectivity index (χ4v) is 2.77. The molecule has 1 aliphatic heterocycles. The van der Waals surface area contributed by atoms with Gasteiger partial charge in [0, 0.05) is 44.4 Å². The number of furan rings is 1. The second kappa shape index (κ2) is 11.9. The highest BCUT2D eigenvalue weighted by molar-refractivity contribution is 14.0. The van der Waals surface area contributed by atoms with Crippen LogP contribution < -0.4 is 10.6 Å². The quantitative estimate of drug-likeness (QED) is 0.353. The number of nitrogens with zero attached hydrogens (tertiary/aromatic N) is 2. The van der Waals surface area contributed by atoms with Crippen LogP contribution in [0.5, 0.6) is 0 Å². The highest BCUT2D eigenvalue weighted by Crippen LogP contribution is 2.11. The van der Waals surface area contributed by atoms with E-state index in [9.17, 15) is 0 Å². The average Bonchev–Trinajstić information content (AvgIpc) is 3.34. The lowest BCUT2D eigenvalue weighted by atomic mass is 10.2. The van der Waals surface area contributed by atoms with Crippen molar-refractivity contribution in [1.29, 1.82) is 0 Å². The molecule has 2 aromatic rings. The van der Waals surface area contributed by atoms with Crippen LogP contribution in [0.4, 0.5) is 0 Å². The lowest BCUT2D eigenvalue weighted by Gasteiger charge is -2.13. The van der Waals surface area contributed by atoms with E-state index in [2.05, 4.69) is 20.6 Å². The molecule has 142 valence electrons. The molecule has 26 heavy (non-hydrogen) atoms. The van der Waals surface area contributed by atoms with E-state index in [4.69, 9.17) is 9.15 Å². The third-order valence-electron chi connectivity index (χ3n) is 4.12. The Kier molecular flexibility index (Phi) is 9.47. The van der Waals surface area contributed by atoms with Gasteiger partial charge < -0.3 is 19.8 Å². The Balaban J connectivity index is 0.00000243. The largest absolute Gasteiger partial charge is 0.469 e. The van der Waals surface area contributed by atoms with Crippen LogP contribution in [0.2, 0.25) is 0 Å². The van der Waals surface area contributed by atoms with Crippen molar-refractivity contribution in [3.8, 4) is 0 Å². The summed E-state index contributed by atoms with van der Waals surface area (Å²) in [6.45, 7) is 3.11. The average molecular weight is 470 g/mol. The first-order valence-corrected chi connectivity index (χ1v) is 8.96. The SMILES string of the molecule is I.c1ccc(CCNC(=NCC2CCCO2)NCCc2ccco2)nc1. The molecule has 2 N–H and O–H groups in total. The monoisotopic (exact) mass is 470 g/mol. The maximum Gasteiger partial charge on any atom is 0.191 e. The Morgan fingerprint density at radius 3 is 2.73 bits per heavy atom. The number of hydrogen-bond acceptors (Lipinski definition) is 4. The molecule has 6 nitrogen and oxygen atoms in total. The van der Waals surface area contributed by atoms with Crippen molar-refractivity contribution in [2.45, 2.75) is 31.8 Å². The molecule has 0 saturated carbocycles. The zero-order valence-electron chi connectivity index (χ0n) is 14.9. The first-order valence-electron chi connectivity index (χ1n) is 8.96. The number of rotatable bonds is 8. The Hall–Kier alpha value is -1.61. The third-order valence-corrected chi connectivity index (χ3v) is 4.12. The van der Waals surface area contributed by atoms with Gasteiger partial charge in [0.1, 0.15) is 5.76 Å². The molecular formula is C19H27IN4O2. The molecule has 3 heterocycles. The second-order valence-electron chi connectivity index (χ2n) is 6.08. The fourth-order valence-electron chi connectivity index (χ4n) is 2.77. The first kappa shape index (κ1) is 20.7. The summed E-state index contributed by atoms with van der Waals surface area (Å²) in [7, 11) is 0. The van der Waals surface area contributed by atoms with Crippen molar-refractivity contribution in [2.24, 2.45) is 4.99 Å². The Morgan fingerprint density at radius 2 is 2.04 bits per heavy atom. The maximum atomic E-state index is 5.65. The summed E-state index contributed by atoms with van der Waals surface area (Å²) in [6.07, 6.45) is 7.69. The maximum absolute atomic E-state index is 5.65. The van der Waals surface area contributed by atoms with Crippen LogP contribution in [0.25, 0.3) is 0 Å². The van der Waals surface area contributed by atoms with Crippen molar-refractivity contribution in [1.82, 2.24) is 15.6 Å². The third kappa shape index (κ3) is 7.33. The van der Waals surface area contributed by atoms with Gasteiger partial charge in [0.2, 0.25) is 0 Å². The zero-order chi connectivity index (χ0) is 17.2. The molecule has 0 amide bonds. The number of halogens is 1. The second-order valence-corrected chi connectivity index (χ2v) is 6.08. The Morgan fingerprint density at radius 1 is 1.15 bits per heavy atom. The normalized spacial score (nSPS) is 16.9. The van der Waals surface area contributed by atoms with Crippen molar-refractivity contribution < 1.29 is 9.15 Å². The number of nitrogens with one attached hydrogen (secondary N) is 2. The molecule has 1 saturated heterocycles. The fraction of sp³-hybridized carbons (Fsp3) is 0.474. The molecule has 0 bridgehead atoms. The molecule has 3 rings (SSSR count). The number of pyridine rings is 1. The van der Waals surface area contributed by atoms with Crippen molar-refractivity contribution >= 4 is 29.9 Å². The van der Waals surface area contributed by atoms with Crippen molar-refractivity contribution in [2.75, 3.05) is 26.2 Å². The molecule has 1 aliphatic rings. The lowest BCUT2D eigenvalue weighted by Crippen LogP contribution is -2.40. The van der Waals surface area contributed by atoms with E-state index >= 15 is 0 Å². The molecule has 7 heteroatoms. The summed E-state index contributed by atoms with van der Waals surface area (Å²) < 4.78 is 11.0. The van der Waals surface area contributed by atoms with E-state index < -0.39 is 0 Å². The summed E-state index contributed by atoms with van der Waals surface area (Å²) in [5.41, 5.74) is 1.07. The van der Waals surface area contributed by atoms with Crippen LogP contribution >= 0.6 is 24.0 Å². The van der Waals surface area contributed by atoms with E-state index in [0.717, 1.165) is 62.8 Å². The molecule has 0 spiro atoms. The van der Waals surface area contributed by atoms with E-state index in [1.165, 1.54) is 0 Å². The van der Waals surface area contributed by atoms with E-state index in [0.29, 0.717) is 6.54 Å². The summed E-state index contributed by atoms with van der Waals surface area (Å²) in [5, 5.41) is 6.76. The highest BCUT2D eigenvalue weighted by atomic mass is 127. The summed E-state index contributed by atoms with van der Waals surface area (Å²) in [6, 6.07) is 9.87. The highest BCUT2D eigenvalue weighted by Gasteiger charge is 2.14. The predicted molar refractivity (Wildman–Crippen MR) is 113 cm³/mol. The van der Waals surface area contributed by atoms with Crippen LogP contribution in [-0.2, 0) is 17.6 Å². The van der Waals surface area contributed by atoms with Crippen molar-refractivity contribution in [3.63, 3.8) is 0 Å². The Labute approximate surface area is 171 Å². The van der Waals surface area contributed by atoms with Gasteiger partial charge in [0.15, 0.2) is 5.96 Å². The Bertz CT molecular complexity index is 628. The smallest absolute Gasteiger partial charge is 0.191 e. The van der Waals surface area contributed by atoms with Crippen LogP contribution in [0.1, 0.15) is 24.3 Å². The minimum atomic E-state index is 0. The molecule has 0 aromatic carbocycles. The molecule has 1 fully saturated rings. The van der Waals surface area contributed by atoms with Gasteiger partial charge in [-0.3, -0.25) is 9.98 Å². The zero-order valence-corrected chi connectivity index (χ0v) is 17.2. The molecule has 1 unspecified atom stereocenters. The van der Waals surface area contributed by atoms with Gasteiger partial charge in [0.25, 0.3) is 0 Å². The number of aliphatic imine (C=N–C) groups is 1. The van der Waals surface area contributed by atoms with Crippen LogP contribution in [0.3, 0.4) is 0 Å². The molecule has 0 aliphatic carbocycles. The van der Waals surface area contributed by atoms with Gasteiger partial charge in [-0.15, -0.1) is 24.0 Å². The van der Waals surface area contributed by atoms with E-state index in [-0.39, 0.29) is 30.1 Å². The van der Waals surface area contributed by atoms with Gasteiger partial charge >= 0.3 is 0 Å². The van der Waals surface area contributed by atoms with Gasteiger partial charge in [-0.05, 0) is 37.1 Å². The number of aromatic nitrogens is 1. The van der Waals surface area contributed by atoms with Crippen LogP contribution in [0, 0.1) is 0 Å². The standard InChI is InChI=1S/C19H26N4O2.HI/c1-2-10-20-16(5-1)8-11-21-19(23-15-18-7-4-14-25-18)22-12-9-17-6-3-13-24-17;/h1-3,5-6,10,13,18H,4,7-9,11-12,14-15H2,(H2,21,22,23);1H. The van der Waals surface area contributed by atoms with E-state index in [1.54, 1.807) is 6.26 Å². The van der Waals surface area contributed by atoms with E-state index in [1.807, 2.05) is 36.5 Å². The van der Waals surface area contributed by atoms with Crippen molar-refractivity contribution in [3.05, 3.63) is 54.2 Å². The van der Waals surface area contributed by atoms with Gasteiger partial charge in [-0.2, -0.15) is 0 Å². The first-order chi connectivity index (χ1) is 12.4. The predicted octanol–water partition coefficient (Wildman–Crippen LogP) is 2.79. The van der Waals surface area contributed by atoms with Crippen LogP contribution in [0.15, 0.2) is 52.2 Å². The van der Waals surface area contributed by atoms with Gasteiger partial charge in [0.05, 0.1) is 18.9 Å². The molecule has 2 aromatic heterocycles. The summed E-state index contributed by atoms with van der Waals surface area (Å²) in [4.78, 5) is 9.02. The summed E-state index contributed by atoms with van der Waals surface area (Å²) in [5.74, 6) is 1.79. The topological polar surface area (TPSA) is 71.7 Å². The van der Waals surface area contributed by atoms with Gasteiger partial charge in [-0.1, -0.05) is 6.07 Å². The molecular weight excluding hydrogens is 443 g/mol. The summed E-state index contributed by atoms with van der Waals surface area (Å²) >= 11 is 0. The molecule has 1 atom stereocenters. The van der Waals surface area contributed by atoms with Gasteiger partial charge in [-0.25, -0.2) is 0 Å².